The Bertz CT molecular complexity index is 1140. The molecule has 0 aliphatic heterocycles. The van der Waals surface area contributed by atoms with Crippen molar-refractivity contribution in [2.75, 3.05) is 5.73 Å². The van der Waals surface area contributed by atoms with Crippen molar-refractivity contribution in [3.63, 3.8) is 0 Å². The number of carbonyl (C=O) groups is 1. The zero-order valence-corrected chi connectivity index (χ0v) is 15.6. The number of aromatic amines is 1. The summed E-state index contributed by atoms with van der Waals surface area (Å²) >= 11 is 0. The third kappa shape index (κ3) is 2.85. The number of nitriles is 1. The highest BCUT2D eigenvalue weighted by Crippen LogP contribution is 2.44. The average molecular weight is 374 g/mol. The second-order valence-corrected chi connectivity index (χ2v) is 7.94. The third-order valence-electron chi connectivity index (χ3n) is 5.13. The molecule has 1 aromatic carbocycles. The van der Waals surface area contributed by atoms with Gasteiger partial charge in [0.2, 0.25) is 0 Å². The van der Waals surface area contributed by atoms with Crippen LogP contribution < -0.4 is 5.73 Å². The number of hydrogen-bond acceptors (Lipinski definition) is 4. The number of nitrogens with one attached hydrogen (secondary N) is 1. The molecule has 1 aliphatic carbocycles. The van der Waals surface area contributed by atoms with E-state index in [9.17, 15) is 14.4 Å². The summed E-state index contributed by atoms with van der Waals surface area (Å²) in [6.07, 6.45) is 4.48. The number of halogens is 1. The minimum absolute atomic E-state index is 0.0270. The Balaban J connectivity index is 2.04. The smallest absolute Gasteiger partial charge is 0.165 e. The number of nitrogen functional groups attached to an aromatic ring is 1. The lowest BCUT2D eigenvalue weighted by Gasteiger charge is -2.28. The molecule has 0 atom stereocenters. The van der Waals surface area contributed by atoms with Gasteiger partial charge >= 0.3 is 0 Å². The fraction of sp³-hybridized carbons (Fsp3) is 0.227. The predicted molar refractivity (Wildman–Crippen MR) is 105 cm³/mol. The van der Waals surface area contributed by atoms with Crippen molar-refractivity contribution < 1.29 is 9.18 Å². The highest BCUT2D eigenvalue weighted by atomic mass is 19.1. The monoisotopic (exact) mass is 374 g/mol. The molecular formula is C22H19FN4O. The first-order chi connectivity index (χ1) is 13.3. The van der Waals surface area contributed by atoms with Crippen LogP contribution in [0.2, 0.25) is 0 Å². The largest absolute Gasteiger partial charge is 0.396 e. The van der Waals surface area contributed by atoms with Gasteiger partial charge in [0.15, 0.2) is 11.6 Å². The number of aromatic nitrogens is 2. The Morgan fingerprint density at radius 2 is 1.89 bits per heavy atom. The molecule has 0 saturated carbocycles. The first-order valence-corrected chi connectivity index (χ1v) is 8.98. The number of anilines is 1. The summed E-state index contributed by atoms with van der Waals surface area (Å²) < 4.78 is 14.1. The van der Waals surface area contributed by atoms with E-state index in [1.165, 1.54) is 12.1 Å². The molecule has 2 heterocycles. The standard InChI is InChI=1S/C22H19FN4O/c1-22(2)9-16-19(17(28)10-22)18(21(27-16)12-3-5-26-6-4-12)13-7-14(11-24)20(23)15(25)8-13/h3-8,27H,9-10,25H2,1-2H3. The van der Waals surface area contributed by atoms with Crippen LogP contribution in [0.15, 0.2) is 36.7 Å². The minimum Gasteiger partial charge on any atom is -0.396 e. The van der Waals surface area contributed by atoms with Crippen molar-refractivity contribution in [3.05, 3.63) is 59.3 Å². The number of ketones is 1. The zero-order valence-electron chi connectivity index (χ0n) is 15.6. The van der Waals surface area contributed by atoms with Gasteiger partial charge in [0.25, 0.3) is 0 Å². The molecule has 3 aromatic rings. The fourth-order valence-corrected chi connectivity index (χ4v) is 3.95. The second-order valence-electron chi connectivity index (χ2n) is 7.94. The number of hydrogen-bond donors (Lipinski definition) is 2. The van der Waals surface area contributed by atoms with E-state index < -0.39 is 5.82 Å². The van der Waals surface area contributed by atoms with Gasteiger partial charge < -0.3 is 10.7 Å². The Morgan fingerprint density at radius 3 is 2.57 bits per heavy atom. The van der Waals surface area contributed by atoms with Crippen molar-refractivity contribution in [2.24, 2.45) is 5.41 Å². The first-order valence-electron chi connectivity index (χ1n) is 8.98. The van der Waals surface area contributed by atoms with Crippen molar-refractivity contribution in [2.45, 2.75) is 26.7 Å². The van der Waals surface area contributed by atoms with Crippen LogP contribution in [0, 0.1) is 22.6 Å². The molecule has 0 unspecified atom stereocenters. The maximum Gasteiger partial charge on any atom is 0.165 e. The van der Waals surface area contributed by atoms with E-state index in [4.69, 9.17) is 5.73 Å². The first kappa shape index (κ1) is 17.9. The summed E-state index contributed by atoms with van der Waals surface area (Å²) in [6.45, 7) is 4.12. The van der Waals surface area contributed by atoms with Crippen LogP contribution in [0.3, 0.4) is 0 Å². The number of Topliss-reactive ketones (excluding diaryl/α,β-unsaturated/α-hetero) is 1. The summed E-state index contributed by atoms with van der Waals surface area (Å²) in [7, 11) is 0. The number of nitrogens with two attached hydrogens (primary N) is 1. The molecule has 28 heavy (non-hydrogen) atoms. The molecule has 0 radical (unpaired) electrons. The highest BCUT2D eigenvalue weighted by Gasteiger charge is 2.36. The molecule has 4 rings (SSSR count). The van der Waals surface area contributed by atoms with Crippen molar-refractivity contribution in [1.82, 2.24) is 9.97 Å². The molecule has 0 spiro atoms. The SMILES string of the molecule is CC1(C)CC(=O)c2c([nH]c(-c3ccncc3)c2-c2cc(N)c(F)c(C#N)c2)C1. The van der Waals surface area contributed by atoms with Crippen LogP contribution in [0.5, 0.6) is 0 Å². The highest BCUT2D eigenvalue weighted by molar-refractivity contribution is 6.08. The van der Waals surface area contributed by atoms with Gasteiger partial charge in [0.1, 0.15) is 6.07 Å². The van der Waals surface area contributed by atoms with Crippen molar-refractivity contribution >= 4 is 11.5 Å². The lowest BCUT2D eigenvalue weighted by atomic mass is 9.75. The summed E-state index contributed by atoms with van der Waals surface area (Å²) in [4.78, 5) is 20.5. The summed E-state index contributed by atoms with van der Waals surface area (Å²) in [5.74, 6) is -0.715. The van der Waals surface area contributed by atoms with Crippen molar-refractivity contribution in [3.8, 4) is 28.5 Å². The number of fused-ring (bicyclic) bond motifs is 1. The number of pyridine rings is 1. The summed E-state index contributed by atoms with van der Waals surface area (Å²) in [6, 6.07) is 8.46. The zero-order chi connectivity index (χ0) is 20.1. The number of H-pyrrole nitrogens is 1. The van der Waals surface area contributed by atoms with Gasteiger partial charge in [-0.05, 0) is 41.7 Å². The van der Waals surface area contributed by atoms with Crippen LogP contribution >= 0.6 is 0 Å². The fourth-order valence-electron chi connectivity index (χ4n) is 3.95. The average Bonchev–Trinajstić information content (AvgIpc) is 3.03. The molecule has 5 nitrogen and oxygen atoms in total. The van der Waals surface area contributed by atoms with Crippen LogP contribution in [-0.2, 0) is 6.42 Å². The Labute approximate surface area is 162 Å². The van der Waals surface area contributed by atoms with E-state index in [0.29, 0.717) is 29.5 Å². The van der Waals surface area contributed by atoms with Gasteiger partial charge in [0, 0.05) is 41.2 Å². The molecule has 3 N–H and O–H groups in total. The number of benzene rings is 1. The third-order valence-corrected chi connectivity index (χ3v) is 5.13. The number of nitrogens with zero attached hydrogens (tertiary/aromatic N) is 2. The van der Waals surface area contributed by atoms with Crippen LogP contribution in [0.1, 0.15) is 41.9 Å². The summed E-state index contributed by atoms with van der Waals surface area (Å²) in [5.41, 5.74) is 9.65. The van der Waals surface area contributed by atoms with Gasteiger partial charge in [0.05, 0.1) is 16.9 Å². The topological polar surface area (TPSA) is 95.6 Å². The molecule has 6 heteroatoms. The van der Waals surface area contributed by atoms with Gasteiger partial charge in [-0.25, -0.2) is 4.39 Å². The van der Waals surface area contributed by atoms with E-state index in [1.807, 2.05) is 18.2 Å². The molecular weight excluding hydrogens is 355 g/mol. The number of rotatable bonds is 2. The van der Waals surface area contributed by atoms with Crippen LogP contribution in [0.25, 0.3) is 22.4 Å². The van der Waals surface area contributed by atoms with Gasteiger partial charge in [-0.15, -0.1) is 0 Å². The normalized spacial score (nSPS) is 15.1. The molecule has 1 aliphatic rings. The molecule has 0 fully saturated rings. The van der Waals surface area contributed by atoms with E-state index >= 15 is 0 Å². The maximum atomic E-state index is 14.1. The van der Waals surface area contributed by atoms with Crippen LogP contribution in [-0.4, -0.2) is 15.8 Å². The van der Waals surface area contributed by atoms with Crippen LogP contribution in [0.4, 0.5) is 10.1 Å². The second kappa shape index (κ2) is 6.31. The predicted octanol–water partition coefficient (Wildman–Crippen LogP) is 4.49. The van der Waals surface area contributed by atoms with E-state index in [0.717, 1.165) is 17.0 Å². The van der Waals surface area contributed by atoms with E-state index in [2.05, 4.69) is 23.8 Å². The lowest BCUT2D eigenvalue weighted by molar-refractivity contribution is 0.0912. The van der Waals surface area contributed by atoms with Crippen molar-refractivity contribution in [1.29, 1.82) is 5.26 Å². The minimum atomic E-state index is -0.742. The molecule has 0 bridgehead atoms. The maximum absolute atomic E-state index is 14.1. The summed E-state index contributed by atoms with van der Waals surface area (Å²) in [5, 5.41) is 9.28. The van der Waals surface area contributed by atoms with Gasteiger partial charge in [-0.2, -0.15) is 5.26 Å². The van der Waals surface area contributed by atoms with Gasteiger partial charge in [-0.1, -0.05) is 13.8 Å². The van der Waals surface area contributed by atoms with Gasteiger partial charge in [-0.3, -0.25) is 9.78 Å². The quantitative estimate of drug-likeness (QED) is 0.646. The van der Waals surface area contributed by atoms with E-state index in [-0.39, 0.29) is 22.4 Å². The molecule has 140 valence electrons. The molecule has 0 saturated heterocycles. The van der Waals surface area contributed by atoms with E-state index in [1.54, 1.807) is 12.4 Å². The Kier molecular flexibility index (Phi) is 4.04. The Morgan fingerprint density at radius 1 is 1.18 bits per heavy atom. The number of carbonyl (C=O) groups excluding carboxylic acids is 1. The molecule has 2 aromatic heterocycles. The molecule has 0 amide bonds. The Hall–Kier alpha value is -3.46. The lowest BCUT2D eigenvalue weighted by Crippen LogP contribution is -2.26.